The van der Waals surface area contributed by atoms with Gasteiger partial charge in [-0.15, -0.1) is 0 Å². The van der Waals surface area contributed by atoms with Crippen molar-refractivity contribution in [2.24, 2.45) is 0 Å². The van der Waals surface area contributed by atoms with Gasteiger partial charge in [0.15, 0.2) is 5.13 Å². The summed E-state index contributed by atoms with van der Waals surface area (Å²) in [5.74, 6) is -0.404. The molecule has 1 N–H and O–H groups in total. The molecule has 0 unspecified atom stereocenters. The third-order valence-electron chi connectivity index (χ3n) is 2.81. The molecule has 0 bridgehead atoms. The third-order valence-corrected chi connectivity index (χ3v) is 4.65. The predicted octanol–water partition coefficient (Wildman–Crippen LogP) is 4.03. The van der Waals surface area contributed by atoms with Gasteiger partial charge in [0.05, 0.1) is 15.4 Å². The lowest BCUT2D eigenvalue weighted by atomic mass is 10.2. The van der Waals surface area contributed by atoms with Gasteiger partial charge in [0, 0.05) is 17.6 Å². The van der Waals surface area contributed by atoms with Gasteiger partial charge >= 0.3 is 5.00 Å². The van der Waals surface area contributed by atoms with E-state index < -0.39 is 10.8 Å². The van der Waals surface area contributed by atoms with E-state index in [2.05, 4.69) is 10.3 Å². The molecule has 0 aliphatic rings. The Morgan fingerprint density at radius 1 is 1.27 bits per heavy atom. The Hall–Kier alpha value is -2.58. The summed E-state index contributed by atoms with van der Waals surface area (Å²) in [7, 11) is 0. The maximum absolute atomic E-state index is 12.0. The number of hydrogen-bond acceptors (Lipinski definition) is 6. The number of nitrogens with zero attached hydrogens (tertiary/aromatic N) is 2. The largest absolute Gasteiger partial charge is 0.324 e. The van der Waals surface area contributed by atoms with Crippen molar-refractivity contribution < 1.29 is 9.72 Å². The van der Waals surface area contributed by atoms with E-state index in [1.54, 1.807) is 6.20 Å². The van der Waals surface area contributed by atoms with Gasteiger partial charge in [-0.25, -0.2) is 4.98 Å². The van der Waals surface area contributed by atoms with Gasteiger partial charge in [-0.05, 0) is 5.56 Å². The number of amides is 1. The second kappa shape index (κ2) is 6.04. The van der Waals surface area contributed by atoms with Crippen LogP contribution in [-0.4, -0.2) is 15.8 Å². The lowest BCUT2D eigenvalue weighted by Gasteiger charge is -1.97. The fraction of sp³-hybridized carbons (Fsp3) is 0. The molecule has 0 spiro atoms. The van der Waals surface area contributed by atoms with Crippen molar-refractivity contribution >= 4 is 38.7 Å². The molecule has 8 heteroatoms. The summed E-state index contributed by atoms with van der Waals surface area (Å²) in [5, 5.41) is 15.1. The smallest absolute Gasteiger partial charge is 0.298 e. The number of benzene rings is 1. The molecule has 1 aromatic carbocycles. The summed E-state index contributed by atoms with van der Waals surface area (Å²) in [6, 6.07) is 11.0. The van der Waals surface area contributed by atoms with Gasteiger partial charge in [0.2, 0.25) is 0 Å². The molecular weight excluding hydrogens is 322 g/mol. The molecule has 22 heavy (non-hydrogen) atoms. The first-order valence-electron chi connectivity index (χ1n) is 6.19. The fourth-order valence-corrected chi connectivity index (χ4v) is 3.30. The fourth-order valence-electron chi connectivity index (χ4n) is 1.78. The minimum Gasteiger partial charge on any atom is -0.298 e. The summed E-state index contributed by atoms with van der Waals surface area (Å²) >= 11 is 2.27. The van der Waals surface area contributed by atoms with Crippen molar-refractivity contribution in [2.45, 2.75) is 0 Å². The van der Waals surface area contributed by atoms with Gasteiger partial charge in [-0.1, -0.05) is 53.0 Å². The van der Waals surface area contributed by atoms with Crippen molar-refractivity contribution in [1.82, 2.24) is 4.98 Å². The van der Waals surface area contributed by atoms with Crippen LogP contribution < -0.4 is 5.32 Å². The van der Waals surface area contributed by atoms with E-state index in [0.717, 1.165) is 21.8 Å². The Kier molecular flexibility index (Phi) is 3.94. The Labute approximate surface area is 133 Å². The van der Waals surface area contributed by atoms with Crippen molar-refractivity contribution in [3.8, 4) is 10.4 Å². The normalized spacial score (nSPS) is 10.4. The van der Waals surface area contributed by atoms with E-state index >= 15 is 0 Å². The van der Waals surface area contributed by atoms with Crippen LogP contribution >= 0.6 is 22.7 Å². The van der Waals surface area contributed by atoms with E-state index in [1.807, 2.05) is 30.3 Å². The minimum absolute atomic E-state index is 0.0609. The van der Waals surface area contributed by atoms with Crippen molar-refractivity contribution in [3.05, 3.63) is 63.7 Å². The van der Waals surface area contributed by atoms with Crippen LogP contribution in [0.3, 0.4) is 0 Å². The minimum atomic E-state index is -0.516. The predicted molar refractivity (Wildman–Crippen MR) is 86.5 cm³/mol. The van der Waals surface area contributed by atoms with Crippen LogP contribution in [0.2, 0.25) is 0 Å². The standard InChI is InChI=1S/C14H9N3O3S2/c18-13(10-6-12(17(19)20)21-8-10)16-14-15-7-11(22-14)9-4-2-1-3-5-9/h1-8H,(H,15,16,18). The van der Waals surface area contributed by atoms with Gasteiger partial charge in [0.25, 0.3) is 5.91 Å². The molecule has 3 rings (SSSR count). The van der Waals surface area contributed by atoms with Crippen molar-refractivity contribution in [1.29, 1.82) is 0 Å². The molecule has 0 atom stereocenters. The molecule has 0 saturated carbocycles. The molecular formula is C14H9N3O3S2. The zero-order valence-corrected chi connectivity index (χ0v) is 12.7. The summed E-state index contributed by atoms with van der Waals surface area (Å²) < 4.78 is 0. The van der Waals surface area contributed by atoms with E-state index in [9.17, 15) is 14.9 Å². The molecule has 0 aliphatic heterocycles. The molecule has 2 aromatic heterocycles. The molecule has 3 aromatic rings. The molecule has 2 heterocycles. The highest BCUT2D eigenvalue weighted by molar-refractivity contribution is 7.19. The molecule has 0 radical (unpaired) electrons. The first-order valence-corrected chi connectivity index (χ1v) is 7.88. The number of rotatable bonds is 4. The van der Waals surface area contributed by atoms with Crippen molar-refractivity contribution in [2.75, 3.05) is 5.32 Å². The van der Waals surface area contributed by atoms with Crippen LogP contribution in [0.4, 0.5) is 10.1 Å². The van der Waals surface area contributed by atoms with Crippen LogP contribution in [0.1, 0.15) is 10.4 Å². The molecule has 0 saturated heterocycles. The average molecular weight is 331 g/mol. The highest BCUT2D eigenvalue weighted by atomic mass is 32.1. The number of thiazole rings is 1. The number of thiophene rings is 1. The summed E-state index contributed by atoms with van der Waals surface area (Å²) in [6.45, 7) is 0. The maximum atomic E-state index is 12.0. The van der Waals surface area contributed by atoms with E-state index in [1.165, 1.54) is 22.8 Å². The van der Waals surface area contributed by atoms with Crippen LogP contribution in [0, 0.1) is 10.1 Å². The van der Waals surface area contributed by atoms with E-state index in [4.69, 9.17) is 0 Å². The molecule has 0 fully saturated rings. The van der Waals surface area contributed by atoms with Gasteiger partial charge in [-0.2, -0.15) is 0 Å². The number of nitrogens with one attached hydrogen (secondary N) is 1. The Morgan fingerprint density at radius 3 is 2.73 bits per heavy atom. The number of carbonyl (C=O) groups excluding carboxylic acids is 1. The maximum Gasteiger partial charge on any atom is 0.324 e. The Balaban J connectivity index is 1.74. The highest BCUT2D eigenvalue weighted by Gasteiger charge is 2.16. The second-order valence-corrected chi connectivity index (χ2v) is 6.20. The molecule has 1 amide bonds. The van der Waals surface area contributed by atoms with Crippen LogP contribution in [-0.2, 0) is 0 Å². The van der Waals surface area contributed by atoms with Crippen LogP contribution in [0.15, 0.2) is 48.0 Å². The SMILES string of the molecule is O=C(Nc1ncc(-c2ccccc2)s1)c1csc([N+](=O)[O-])c1. The van der Waals surface area contributed by atoms with Gasteiger partial charge in [-0.3, -0.25) is 20.2 Å². The zero-order valence-electron chi connectivity index (χ0n) is 11.1. The monoisotopic (exact) mass is 331 g/mol. The lowest BCUT2D eigenvalue weighted by molar-refractivity contribution is -0.380. The molecule has 6 nitrogen and oxygen atoms in total. The number of nitro groups is 1. The average Bonchev–Trinajstić information content (AvgIpc) is 3.17. The zero-order chi connectivity index (χ0) is 15.5. The number of aromatic nitrogens is 1. The van der Waals surface area contributed by atoms with Crippen molar-refractivity contribution in [3.63, 3.8) is 0 Å². The van der Waals surface area contributed by atoms with Gasteiger partial charge in [0.1, 0.15) is 0 Å². The number of hydrogen-bond donors (Lipinski definition) is 1. The second-order valence-electron chi connectivity index (χ2n) is 4.28. The molecule has 0 aliphatic carbocycles. The lowest BCUT2D eigenvalue weighted by Crippen LogP contribution is -2.10. The summed E-state index contributed by atoms with van der Waals surface area (Å²) in [5.41, 5.74) is 1.28. The van der Waals surface area contributed by atoms with E-state index in [0.29, 0.717) is 5.13 Å². The summed E-state index contributed by atoms with van der Waals surface area (Å²) in [4.78, 5) is 27.2. The first-order chi connectivity index (χ1) is 10.6. The topological polar surface area (TPSA) is 85.1 Å². The number of carbonyl (C=O) groups is 1. The summed E-state index contributed by atoms with van der Waals surface area (Å²) in [6.07, 6.45) is 1.69. The third kappa shape index (κ3) is 3.02. The first kappa shape index (κ1) is 14.4. The highest BCUT2D eigenvalue weighted by Crippen LogP contribution is 2.29. The Bertz CT molecular complexity index is 827. The van der Waals surface area contributed by atoms with Crippen LogP contribution in [0.5, 0.6) is 0 Å². The van der Waals surface area contributed by atoms with Crippen LogP contribution in [0.25, 0.3) is 10.4 Å². The Morgan fingerprint density at radius 2 is 2.05 bits per heavy atom. The molecule has 110 valence electrons. The number of anilines is 1. The quantitative estimate of drug-likeness (QED) is 0.577. The van der Waals surface area contributed by atoms with Gasteiger partial charge < -0.3 is 0 Å². The van der Waals surface area contributed by atoms with E-state index in [-0.39, 0.29) is 10.6 Å².